The van der Waals surface area contributed by atoms with E-state index in [1.807, 2.05) is 30.3 Å². The van der Waals surface area contributed by atoms with Crippen LogP contribution in [-0.2, 0) is 0 Å². The molecule has 2 aromatic rings. The molecular formula is C15H13BrClNOS. The summed E-state index contributed by atoms with van der Waals surface area (Å²) in [5.41, 5.74) is 1.78. The lowest BCUT2D eigenvalue weighted by molar-refractivity contribution is 0.0956. The monoisotopic (exact) mass is 369 g/mol. The Hall–Kier alpha value is -0.840. The van der Waals surface area contributed by atoms with E-state index in [4.69, 9.17) is 11.6 Å². The van der Waals surface area contributed by atoms with E-state index < -0.39 is 0 Å². The Morgan fingerprint density at radius 2 is 1.95 bits per heavy atom. The van der Waals surface area contributed by atoms with Gasteiger partial charge in [-0.3, -0.25) is 4.79 Å². The van der Waals surface area contributed by atoms with Crippen LogP contribution < -0.4 is 4.90 Å². The van der Waals surface area contributed by atoms with Gasteiger partial charge in [-0.05, 0) is 60.1 Å². The first-order valence-electron chi connectivity index (χ1n) is 6.27. The minimum Gasteiger partial charge on any atom is -0.334 e. The third-order valence-electron chi connectivity index (χ3n) is 3.46. The zero-order valence-corrected chi connectivity index (χ0v) is 14.3. The smallest absolute Gasteiger partial charge is 0.177 e. The van der Waals surface area contributed by atoms with Crippen LogP contribution in [0.5, 0.6) is 0 Å². The number of Topliss-reactive ketones (excluding diaryl/α,β-unsaturated/α-hetero) is 1. The van der Waals surface area contributed by atoms with Crippen molar-refractivity contribution in [2.75, 3.05) is 4.90 Å². The molecule has 0 atom stereocenters. The highest BCUT2D eigenvalue weighted by Gasteiger charge is 2.39. The molecule has 0 bridgehead atoms. The maximum atomic E-state index is 12.3. The SMILES string of the molecule is CC1(C)CC(=O)c2sc(Br)cc2N1c1ccc(Cl)cc1. The molecule has 0 radical (unpaired) electrons. The summed E-state index contributed by atoms with van der Waals surface area (Å²) in [5.74, 6) is 0.214. The Morgan fingerprint density at radius 1 is 1.30 bits per heavy atom. The van der Waals surface area contributed by atoms with Gasteiger partial charge in [-0.1, -0.05) is 11.6 Å². The lowest BCUT2D eigenvalue weighted by Gasteiger charge is -2.43. The lowest BCUT2D eigenvalue weighted by Crippen LogP contribution is -2.45. The van der Waals surface area contributed by atoms with Gasteiger partial charge in [0.05, 0.1) is 14.4 Å². The van der Waals surface area contributed by atoms with Gasteiger partial charge in [-0.25, -0.2) is 0 Å². The first-order valence-corrected chi connectivity index (χ1v) is 8.25. The van der Waals surface area contributed by atoms with Crippen molar-refractivity contribution in [3.8, 4) is 0 Å². The maximum Gasteiger partial charge on any atom is 0.177 e. The van der Waals surface area contributed by atoms with Crippen LogP contribution >= 0.6 is 38.9 Å². The molecule has 0 amide bonds. The van der Waals surface area contributed by atoms with E-state index in [1.54, 1.807) is 0 Å². The molecule has 0 N–H and O–H groups in total. The maximum absolute atomic E-state index is 12.3. The van der Waals surface area contributed by atoms with Crippen LogP contribution in [0, 0.1) is 0 Å². The number of hydrogen-bond donors (Lipinski definition) is 0. The van der Waals surface area contributed by atoms with Gasteiger partial charge in [0.1, 0.15) is 0 Å². The van der Waals surface area contributed by atoms with Gasteiger partial charge in [-0.2, -0.15) is 0 Å². The van der Waals surface area contributed by atoms with Gasteiger partial charge < -0.3 is 4.90 Å². The molecule has 2 nitrogen and oxygen atoms in total. The van der Waals surface area contributed by atoms with Gasteiger partial charge in [0.2, 0.25) is 0 Å². The number of ketones is 1. The average Bonchev–Trinajstić information content (AvgIpc) is 2.72. The summed E-state index contributed by atoms with van der Waals surface area (Å²) in [7, 11) is 0. The van der Waals surface area contributed by atoms with E-state index in [0.717, 1.165) is 20.0 Å². The number of fused-ring (bicyclic) bond motifs is 1. The van der Waals surface area contributed by atoms with Crippen LogP contribution in [0.3, 0.4) is 0 Å². The molecule has 3 rings (SSSR count). The molecule has 0 saturated carbocycles. The topological polar surface area (TPSA) is 20.3 Å². The van der Waals surface area contributed by atoms with E-state index in [-0.39, 0.29) is 11.3 Å². The Morgan fingerprint density at radius 3 is 2.60 bits per heavy atom. The molecule has 0 unspecified atom stereocenters. The predicted octanol–water partition coefficient (Wildman–Crippen LogP) is 5.67. The zero-order valence-electron chi connectivity index (χ0n) is 11.1. The van der Waals surface area contributed by atoms with Crippen LogP contribution in [0.2, 0.25) is 5.02 Å². The number of hydrogen-bond acceptors (Lipinski definition) is 3. The highest BCUT2D eigenvalue weighted by molar-refractivity contribution is 9.11. The van der Waals surface area contributed by atoms with E-state index in [9.17, 15) is 4.79 Å². The molecule has 20 heavy (non-hydrogen) atoms. The van der Waals surface area contributed by atoms with Crippen molar-refractivity contribution in [2.45, 2.75) is 25.8 Å². The molecule has 1 aromatic heterocycles. The summed E-state index contributed by atoms with van der Waals surface area (Å²) in [6, 6.07) is 9.77. The van der Waals surface area contributed by atoms with Crippen molar-refractivity contribution >= 4 is 56.0 Å². The number of benzene rings is 1. The molecule has 1 aliphatic rings. The van der Waals surface area contributed by atoms with E-state index in [1.165, 1.54) is 11.3 Å². The first-order chi connectivity index (χ1) is 9.38. The molecule has 0 spiro atoms. The Kier molecular flexibility index (Phi) is 3.43. The normalized spacial score (nSPS) is 17.2. The fourth-order valence-electron chi connectivity index (χ4n) is 2.68. The number of nitrogens with zero attached hydrogens (tertiary/aromatic N) is 1. The summed E-state index contributed by atoms with van der Waals surface area (Å²) < 4.78 is 0.979. The standard InChI is InChI=1S/C15H13BrClNOS/c1-15(2)8-12(19)14-11(7-13(16)20-14)18(15)10-5-3-9(17)4-6-10/h3-7H,8H2,1-2H3. The number of halogens is 2. The van der Waals surface area contributed by atoms with Crippen LogP contribution in [0.1, 0.15) is 29.9 Å². The van der Waals surface area contributed by atoms with Crippen molar-refractivity contribution in [1.82, 2.24) is 0 Å². The van der Waals surface area contributed by atoms with Crippen LogP contribution in [0.4, 0.5) is 11.4 Å². The molecule has 1 aliphatic heterocycles. The molecule has 1 aromatic carbocycles. The highest BCUT2D eigenvalue weighted by Crippen LogP contribution is 2.46. The fraction of sp³-hybridized carbons (Fsp3) is 0.267. The molecular weight excluding hydrogens is 358 g/mol. The van der Waals surface area contributed by atoms with E-state index >= 15 is 0 Å². The number of rotatable bonds is 1. The molecule has 0 aliphatic carbocycles. The van der Waals surface area contributed by atoms with Crippen molar-refractivity contribution in [3.63, 3.8) is 0 Å². The Balaban J connectivity index is 2.18. The summed E-state index contributed by atoms with van der Waals surface area (Å²) in [4.78, 5) is 15.3. The minimum atomic E-state index is -0.252. The lowest BCUT2D eigenvalue weighted by atomic mass is 9.89. The Labute approximate surface area is 135 Å². The van der Waals surface area contributed by atoms with Crippen LogP contribution in [0.25, 0.3) is 0 Å². The predicted molar refractivity (Wildman–Crippen MR) is 88.6 cm³/mol. The van der Waals surface area contributed by atoms with E-state index in [2.05, 4.69) is 34.7 Å². The molecule has 104 valence electrons. The largest absolute Gasteiger partial charge is 0.334 e. The number of anilines is 2. The second-order valence-corrected chi connectivity index (χ2v) is 8.36. The summed E-state index contributed by atoms with van der Waals surface area (Å²) in [5, 5.41) is 0.714. The minimum absolute atomic E-state index is 0.214. The first kappa shape index (κ1) is 14.1. The second-order valence-electron chi connectivity index (χ2n) is 5.49. The third-order valence-corrected chi connectivity index (χ3v) is 5.38. The van der Waals surface area contributed by atoms with Gasteiger partial charge in [0.15, 0.2) is 5.78 Å². The van der Waals surface area contributed by atoms with Crippen LogP contribution in [0.15, 0.2) is 34.1 Å². The number of thiophene rings is 1. The van der Waals surface area contributed by atoms with Crippen molar-refractivity contribution in [2.24, 2.45) is 0 Å². The van der Waals surface area contributed by atoms with Crippen molar-refractivity contribution in [3.05, 3.63) is 44.0 Å². The van der Waals surface area contributed by atoms with E-state index in [0.29, 0.717) is 11.4 Å². The average molecular weight is 371 g/mol. The van der Waals surface area contributed by atoms with Crippen molar-refractivity contribution < 1.29 is 4.79 Å². The van der Waals surface area contributed by atoms with Gasteiger partial charge in [0.25, 0.3) is 0 Å². The molecule has 2 heterocycles. The van der Waals surface area contributed by atoms with Crippen molar-refractivity contribution in [1.29, 1.82) is 0 Å². The summed E-state index contributed by atoms with van der Waals surface area (Å²) in [6.07, 6.45) is 0.510. The van der Waals surface area contributed by atoms with Crippen LogP contribution in [-0.4, -0.2) is 11.3 Å². The molecule has 0 saturated heterocycles. The number of carbonyl (C=O) groups is 1. The molecule has 0 fully saturated rings. The zero-order chi connectivity index (χ0) is 14.5. The van der Waals surface area contributed by atoms with Gasteiger partial charge in [-0.15, -0.1) is 11.3 Å². The number of carbonyl (C=O) groups excluding carboxylic acids is 1. The highest BCUT2D eigenvalue weighted by atomic mass is 79.9. The van der Waals surface area contributed by atoms with Gasteiger partial charge in [0, 0.05) is 22.7 Å². The van der Waals surface area contributed by atoms with Gasteiger partial charge >= 0.3 is 0 Å². The summed E-state index contributed by atoms with van der Waals surface area (Å²) >= 11 is 11.0. The molecule has 5 heteroatoms. The second kappa shape index (κ2) is 4.86. The summed E-state index contributed by atoms with van der Waals surface area (Å²) in [6.45, 7) is 4.18. The Bertz CT molecular complexity index is 678. The quantitative estimate of drug-likeness (QED) is 0.645. The third kappa shape index (κ3) is 2.30. The fourth-order valence-corrected chi connectivity index (χ4v) is 4.31.